The average Bonchev–Trinajstić information content (AvgIpc) is 2.86. The minimum atomic E-state index is 0.471. The van der Waals surface area contributed by atoms with Crippen molar-refractivity contribution in [2.75, 3.05) is 0 Å². The van der Waals surface area contributed by atoms with Gasteiger partial charge in [-0.25, -0.2) is 0 Å². The normalized spacial score (nSPS) is 11.2. The van der Waals surface area contributed by atoms with E-state index in [2.05, 4.69) is 47.1 Å². The summed E-state index contributed by atoms with van der Waals surface area (Å²) in [6, 6.07) is 6.39. The van der Waals surface area contributed by atoms with Crippen LogP contribution >= 0.6 is 23.4 Å². The molecule has 0 saturated carbocycles. The third kappa shape index (κ3) is 2.27. The maximum Gasteiger partial charge on any atom is 0.254 e. The van der Waals surface area contributed by atoms with Gasteiger partial charge in [-0.3, -0.25) is 0 Å². The highest BCUT2D eigenvalue weighted by Crippen LogP contribution is 2.34. The molecular formula is C14H13ClN4S. The zero-order chi connectivity index (χ0) is 14.3. The highest BCUT2D eigenvalue weighted by Gasteiger charge is 2.14. The van der Waals surface area contributed by atoms with E-state index in [9.17, 15) is 0 Å². The van der Waals surface area contributed by atoms with E-state index in [-0.39, 0.29) is 0 Å². The quantitative estimate of drug-likeness (QED) is 0.674. The van der Waals surface area contributed by atoms with Crippen LogP contribution in [0.4, 0.5) is 0 Å². The molecule has 0 atom stereocenters. The Balaban J connectivity index is 2.17. The molecule has 4 nitrogen and oxygen atoms in total. The number of nitrogens with zero attached hydrogens (tertiary/aromatic N) is 4. The highest BCUT2D eigenvalue weighted by molar-refractivity contribution is 7.99. The zero-order valence-corrected chi connectivity index (χ0v) is 13.0. The molecular weight excluding hydrogens is 292 g/mol. The topological polar surface area (TPSA) is 43.1 Å². The van der Waals surface area contributed by atoms with Crippen molar-refractivity contribution >= 4 is 29.1 Å². The first-order valence-corrected chi connectivity index (χ1v) is 7.36. The van der Waals surface area contributed by atoms with Crippen LogP contribution in [0.15, 0.2) is 34.4 Å². The fourth-order valence-corrected chi connectivity index (χ4v) is 3.28. The Hall–Kier alpha value is -1.59. The molecule has 0 N–H and O–H groups in total. The third-order valence-electron chi connectivity index (χ3n) is 3.10. The van der Waals surface area contributed by atoms with Gasteiger partial charge in [0.05, 0.1) is 0 Å². The first-order chi connectivity index (χ1) is 9.56. The number of rotatable bonds is 2. The van der Waals surface area contributed by atoms with E-state index in [4.69, 9.17) is 11.6 Å². The molecule has 0 radical (unpaired) electrons. The van der Waals surface area contributed by atoms with Crippen LogP contribution < -0.4 is 0 Å². The lowest BCUT2D eigenvalue weighted by Crippen LogP contribution is -2.00. The number of aromatic nitrogens is 4. The van der Waals surface area contributed by atoms with Crippen LogP contribution in [-0.4, -0.2) is 19.6 Å². The fraction of sp³-hybridized carbons (Fsp3) is 0.214. The van der Waals surface area contributed by atoms with E-state index in [0.29, 0.717) is 10.9 Å². The van der Waals surface area contributed by atoms with Crippen LogP contribution in [0.2, 0.25) is 5.15 Å². The molecule has 1 aromatic carbocycles. The van der Waals surface area contributed by atoms with Crippen molar-refractivity contribution in [2.45, 2.75) is 30.7 Å². The van der Waals surface area contributed by atoms with E-state index in [1.54, 1.807) is 16.3 Å². The van der Waals surface area contributed by atoms with E-state index in [0.717, 1.165) is 10.6 Å². The molecule has 2 aromatic heterocycles. The number of benzene rings is 1. The third-order valence-corrected chi connectivity index (χ3v) is 4.80. The van der Waals surface area contributed by atoms with Gasteiger partial charge in [-0.1, -0.05) is 35.5 Å². The Bertz CT molecular complexity index is 797. The number of hydrogen-bond donors (Lipinski definition) is 0. The van der Waals surface area contributed by atoms with Crippen LogP contribution in [0, 0.1) is 20.8 Å². The van der Waals surface area contributed by atoms with Crippen molar-refractivity contribution in [3.8, 4) is 0 Å². The molecule has 6 heteroatoms. The molecule has 0 unspecified atom stereocenters. The summed E-state index contributed by atoms with van der Waals surface area (Å²) >= 11 is 7.82. The molecule has 0 bridgehead atoms. The molecule has 3 rings (SSSR count). The number of aryl methyl sites for hydroxylation is 2. The van der Waals surface area contributed by atoms with Crippen molar-refractivity contribution in [2.24, 2.45) is 0 Å². The summed E-state index contributed by atoms with van der Waals surface area (Å²) < 4.78 is 1.73. The molecule has 0 amide bonds. The summed E-state index contributed by atoms with van der Waals surface area (Å²) in [6.07, 6.45) is 1.49. The van der Waals surface area contributed by atoms with Crippen LogP contribution in [0.5, 0.6) is 0 Å². The SMILES string of the molecule is Cc1ccc(C)c(Sc2c(C)c(Cl)nc3ncnn23)c1. The van der Waals surface area contributed by atoms with Gasteiger partial charge in [0.1, 0.15) is 16.5 Å². The van der Waals surface area contributed by atoms with Gasteiger partial charge in [-0.05, 0) is 38.0 Å². The molecule has 0 aliphatic carbocycles. The highest BCUT2D eigenvalue weighted by atomic mass is 35.5. The van der Waals surface area contributed by atoms with Gasteiger partial charge < -0.3 is 0 Å². The van der Waals surface area contributed by atoms with Crippen molar-refractivity contribution in [3.05, 3.63) is 46.4 Å². The molecule has 20 heavy (non-hydrogen) atoms. The summed E-state index contributed by atoms with van der Waals surface area (Å²) in [5.74, 6) is 0.522. The number of hydrogen-bond acceptors (Lipinski definition) is 4. The summed E-state index contributed by atoms with van der Waals surface area (Å²) in [4.78, 5) is 9.51. The van der Waals surface area contributed by atoms with E-state index in [1.165, 1.54) is 22.3 Å². The molecule has 0 saturated heterocycles. The van der Waals surface area contributed by atoms with Gasteiger partial charge in [0, 0.05) is 10.5 Å². The minimum Gasteiger partial charge on any atom is -0.199 e. The molecule has 2 heterocycles. The number of halogens is 1. The molecule has 0 aliphatic rings. The van der Waals surface area contributed by atoms with E-state index < -0.39 is 0 Å². The van der Waals surface area contributed by atoms with Crippen molar-refractivity contribution < 1.29 is 0 Å². The smallest absolute Gasteiger partial charge is 0.199 e. The molecule has 0 fully saturated rings. The Morgan fingerprint density at radius 3 is 2.80 bits per heavy atom. The molecule has 0 aliphatic heterocycles. The lowest BCUT2D eigenvalue weighted by atomic mass is 10.2. The Morgan fingerprint density at radius 1 is 1.20 bits per heavy atom. The van der Waals surface area contributed by atoms with Gasteiger partial charge >= 0.3 is 0 Å². The lowest BCUT2D eigenvalue weighted by Gasteiger charge is -2.11. The molecule has 102 valence electrons. The van der Waals surface area contributed by atoms with Crippen LogP contribution in [0.1, 0.15) is 16.7 Å². The maximum atomic E-state index is 6.18. The predicted molar refractivity (Wildman–Crippen MR) is 80.6 cm³/mol. The Labute approximate surface area is 126 Å². The summed E-state index contributed by atoms with van der Waals surface area (Å²) in [6.45, 7) is 6.13. The molecule has 3 aromatic rings. The maximum absolute atomic E-state index is 6.18. The zero-order valence-electron chi connectivity index (χ0n) is 11.4. The monoisotopic (exact) mass is 304 g/mol. The number of fused-ring (bicyclic) bond motifs is 1. The fourth-order valence-electron chi connectivity index (χ4n) is 1.91. The largest absolute Gasteiger partial charge is 0.254 e. The predicted octanol–water partition coefficient (Wildman–Crippen LogP) is 3.85. The lowest BCUT2D eigenvalue weighted by molar-refractivity contribution is 0.825. The van der Waals surface area contributed by atoms with Crippen LogP contribution in [0.25, 0.3) is 5.78 Å². The van der Waals surface area contributed by atoms with Gasteiger partial charge in [-0.15, -0.1) is 0 Å². The summed E-state index contributed by atoms with van der Waals surface area (Å²) in [5.41, 5.74) is 3.36. The van der Waals surface area contributed by atoms with Gasteiger partial charge in [0.2, 0.25) is 0 Å². The average molecular weight is 305 g/mol. The second-order valence-electron chi connectivity index (χ2n) is 4.68. The van der Waals surface area contributed by atoms with Crippen LogP contribution in [0.3, 0.4) is 0 Å². The van der Waals surface area contributed by atoms with E-state index >= 15 is 0 Å². The standard InChI is InChI=1S/C14H13ClN4S/c1-8-4-5-9(2)11(6-8)20-13-10(3)12(15)18-14-16-7-17-19(13)14/h4-7H,1-3H3. The Kier molecular flexibility index (Phi) is 3.40. The van der Waals surface area contributed by atoms with Crippen molar-refractivity contribution in [1.82, 2.24) is 19.6 Å². The van der Waals surface area contributed by atoms with Crippen molar-refractivity contribution in [3.63, 3.8) is 0 Å². The van der Waals surface area contributed by atoms with Gasteiger partial charge in [0.25, 0.3) is 5.78 Å². The van der Waals surface area contributed by atoms with Crippen molar-refractivity contribution in [1.29, 1.82) is 0 Å². The van der Waals surface area contributed by atoms with Crippen LogP contribution in [-0.2, 0) is 0 Å². The Morgan fingerprint density at radius 2 is 2.00 bits per heavy atom. The summed E-state index contributed by atoms with van der Waals surface area (Å²) in [5, 5.41) is 5.65. The first-order valence-electron chi connectivity index (χ1n) is 6.17. The van der Waals surface area contributed by atoms with E-state index in [1.807, 2.05) is 6.92 Å². The molecule has 0 spiro atoms. The second kappa shape index (κ2) is 5.07. The minimum absolute atomic E-state index is 0.471. The first kappa shape index (κ1) is 13.4. The second-order valence-corrected chi connectivity index (χ2v) is 6.06. The summed E-state index contributed by atoms with van der Waals surface area (Å²) in [7, 11) is 0. The van der Waals surface area contributed by atoms with Gasteiger partial charge in [0.15, 0.2) is 0 Å². The van der Waals surface area contributed by atoms with Gasteiger partial charge in [-0.2, -0.15) is 19.6 Å².